The van der Waals surface area contributed by atoms with Gasteiger partial charge in [-0.3, -0.25) is 14.5 Å². The van der Waals surface area contributed by atoms with Crippen LogP contribution in [0.25, 0.3) is 0 Å². The van der Waals surface area contributed by atoms with Gasteiger partial charge in [0.1, 0.15) is 6.04 Å². The summed E-state index contributed by atoms with van der Waals surface area (Å²) in [6.07, 6.45) is 6.54. The Bertz CT molecular complexity index is 639. The molecule has 2 amide bonds. The van der Waals surface area contributed by atoms with Crippen LogP contribution in [0.3, 0.4) is 0 Å². The number of rotatable bonds is 9. The lowest BCUT2D eigenvalue weighted by atomic mass is 9.85. The van der Waals surface area contributed by atoms with E-state index in [1.165, 1.54) is 17.9 Å². The maximum Gasteiger partial charge on any atom is 0.331 e. The van der Waals surface area contributed by atoms with Crippen molar-refractivity contribution in [1.29, 1.82) is 0 Å². The molecule has 0 aromatic rings. The highest BCUT2D eigenvalue weighted by molar-refractivity contribution is 5.90. The number of aliphatic carboxylic acids is 1. The normalized spacial score (nSPS) is 20.4. The highest BCUT2D eigenvalue weighted by Crippen LogP contribution is 2.25. The largest absolute Gasteiger partial charge is 0.478 e. The van der Waals surface area contributed by atoms with Gasteiger partial charge >= 0.3 is 5.97 Å². The van der Waals surface area contributed by atoms with E-state index in [1.54, 1.807) is 7.05 Å². The van der Waals surface area contributed by atoms with Crippen LogP contribution in [0, 0.1) is 5.41 Å². The van der Waals surface area contributed by atoms with Gasteiger partial charge < -0.3 is 15.3 Å². The summed E-state index contributed by atoms with van der Waals surface area (Å²) in [6.45, 7) is 12.7. The number of hydrogen-bond donors (Lipinski definition) is 2. The van der Waals surface area contributed by atoms with Crippen molar-refractivity contribution < 1.29 is 19.5 Å². The molecule has 7 nitrogen and oxygen atoms in total. The molecule has 1 heterocycles. The van der Waals surface area contributed by atoms with Crippen LogP contribution in [-0.4, -0.2) is 71.0 Å². The number of likely N-dealkylation sites (tertiary alicyclic amines) is 1. The van der Waals surface area contributed by atoms with E-state index < -0.39 is 17.4 Å². The van der Waals surface area contributed by atoms with Crippen molar-refractivity contribution in [3.63, 3.8) is 0 Å². The minimum atomic E-state index is -1.00. The molecule has 7 heteroatoms. The van der Waals surface area contributed by atoms with E-state index in [2.05, 4.69) is 24.1 Å². The van der Waals surface area contributed by atoms with Gasteiger partial charge in [0.25, 0.3) is 0 Å². The third kappa shape index (κ3) is 7.42. The van der Waals surface area contributed by atoms with Crippen LogP contribution in [0.15, 0.2) is 11.6 Å². The van der Waals surface area contributed by atoms with Crippen molar-refractivity contribution in [2.75, 3.05) is 20.1 Å². The lowest BCUT2D eigenvalue weighted by molar-refractivity contribution is -0.140. The first kappa shape index (κ1) is 26.1. The van der Waals surface area contributed by atoms with Crippen LogP contribution < -0.4 is 5.32 Å². The number of piperidine rings is 1. The van der Waals surface area contributed by atoms with Crippen LogP contribution in [0.1, 0.15) is 73.6 Å². The summed E-state index contributed by atoms with van der Waals surface area (Å²) in [4.78, 5) is 41.1. The minimum Gasteiger partial charge on any atom is -0.478 e. The van der Waals surface area contributed by atoms with Gasteiger partial charge in [-0.15, -0.1) is 0 Å². The summed E-state index contributed by atoms with van der Waals surface area (Å²) >= 11 is 0. The Morgan fingerprint density at radius 1 is 1.27 bits per heavy atom. The van der Waals surface area contributed by atoms with E-state index in [0.29, 0.717) is 6.04 Å². The van der Waals surface area contributed by atoms with Crippen LogP contribution >= 0.6 is 0 Å². The molecule has 1 aliphatic rings. The smallest absolute Gasteiger partial charge is 0.331 e. The fourth-order valence-electron chi connectivity index (χ4n) is 3.91. The fourth-order valence-corrected chi connectivity index (χ4v) is 3.91. The lowest BCUT2D eigenvalue weighted by Gasteiger charge is -2.41. The Balaban J connectivity index is 2.95. The number of carbonyl (C=O) groups is 3. The third-order valence-corrected chi connectivity index (χ3v) is 5.90. The molecular formula is C23H41N3O4. The first-order chi connectivity index (χ1) is 13.9. The summed E-state index contributed by atoms with van der Waals surface area (Å²) in [7, 11) is 1.63. The topological polar surface area (TPSA) is 90.0 Å². The first-order valence-corrected chi connectivity index (χ1v) is 11.1. The van der Waals surface area contributed by atoms with Crippen molar-refractivity contribution >= 4 is 17.8 Å². The van der Waals surface area contributed by atoms with Crippen LogP contribution in [0.2, 0.25) is 0 Å². The van der Waals surface area contributed by atoms with Gasteiger partial charge in [0.2, 0.25) is 11.8 Å². The molecule has 0 radical (unpaired) electrons. The number of nitrogens with one attached hydrogen (secondary N) is 1. The van der Waals surface area contributed by atoms with E-state index in [0.717, 1.165) is 38.6 Å². The Kier molecular flexibility index (Phi) is 10.0. The van der Waals surface area contributed by atoms with E-state index in [1.807, 2.05) is 20.8 Å². The number of nitrogens with zero attached hydrogens (tertiary/aromatic N) is 2. The molecule has 3 atom stereocenters. The Morgan fingerprint density at radius 3 is 2.43 bits per heavy atom. The van der Waals surface area contributed by atoms with Crippen LogP contribution in [0.5, 0.6) is 0 Å². The zero-order valence-corrected chi connectivity index (χ0v) is 19.8. The molecule has 2 N–H and O–H groups in total. The van der Waals surface area contributed by atoms with E-state index in [9.17, 15) is 14.4 Å². The zero-order chi connectivity index (χ0) is 23.1. The van der Waals surface area contributed by atoms with E-state index in [-0.39, 0.29) is 30.0 Å². The molecule has 1 fully saturated rings. The van der Waals surface area contributed by atoms with Gasteiger partial charge in [-0.1, -0.05) is 46.6 Å². The van der Waals surface area contributed by atoms with E-state index in [4.69, 9.17) is 5.11 Å². The molecule has 1 rings (SSSR count). The fraction of sp³-hybridized carbons (Fsp3) is 0.783. The van der Waals surface area contributed by atoms with Crippen molar-refractivity contribution in [3.05, 3.63) is 11.6 Å². The minimum absolute atomic E-state index is 0.0865. The molecular weight excluding hydrogens is 382 g/mol. The first-order valence-electron chi connectivity index (χ1n) is 11.1. The van der Waals surface area contributed by atoms with E-state index >= 15 is 0 Å². The second-order valence-electron chi connectivity index (χ2n) is 9.61. The number of likely N-dealkylation sites (N-methyl/N-ethyl adjacent to an activating group) is 1. The molecule has 0 aromatic heterocycles. The molecule has 0 aliphatic carbocycles. The second kappa shape index (κ2) is 11.5. The quantitative estimate of drug-likeness (QED) is 0.556. The van der Waals surface area contributed by atoms with Crippen molar-refractivity contribution in [2.24, 2.45) is 5.41 Å². The van der Waals surface area contributed by atoms with Crippen molar-refractivity contribution in [1.82, 2.24) is 15.1 Å². The average Bonchev–Trinajstić information content (AvgIpc) is 2.68. The molecule has 30 heavy (non-hydrogen) atoms. The van der Waals surface area contributed by atoms with Gasteiger partial charge in [0.05, 0.1) is 6.04 Å². The van der Waals surface area contributed by atoms with Gasteiger partial charge in [0, 0.05) is 25.2 Å². The Labute approximate surface area is 181 Å². The number of carboxylic acids is 1. The summed E-state index contributed by atoms with van der Waals surface area (Å²) in [5, 5.41) is 12.0. The number of carboxylic acid groups (broad SMARTS) is 1. The zero-order valence-electron chi connectivity index (χ0n) is 19.8. The molecule has 1 saturated heterocycles. The summed E-state index contributed by atoms with van der Waals surface area (Å²) in [5.41, 5.74) is -0.282. The maximum absolute atomic E-state index is 13.2. The van der Waals surface area contributed by atoms with Gasteiger partial charge in [0.15, 0.2) is 0 Å². The molecule has 0 saturated carbocycles. The predicted octanol–water partition coefficient (Wildman–Crippen LogP) is 3.05. The van der Waals surface area contributed by atoms with Crippen molar-refractivity contribution in [2.45, 2.75) is 91.8 Å². The molecule has 0 aromatic carbocycles. The van der Waals surface area contributed by atoms with Gasteiger partial charge in [-0.05, 0) is 45.1 Å². The Morgan fingerprint density at radius 2 is 1.90 bits per heavy atom. The standard InChI is InChI=1S/C23H41N3O4/c1-8-11-17(3)26-14-10-9-12-18(26)20(27)24-19(23(4,5)6)21(28)25(7)15-13-16(2)22(29)30/h13,17-19H,8-12,14-15H2,1-7H3,(H,24,27)(H,29,30)/b16-13+. The number of amides is 2. The average molecular weight is 424 g/mol. The summed E-state index contributed by atoms with van der Waals surface area (Å²) in [5.74, 6) is -1.30. The molecule has 0 spiro atoms. The Hall–Kier alpha value is -1.89. The summed E-state index contributed by atoms with van der Waals surface area (Å²) in [6, 6.07) is -0.558. The highest BCUT2D eigenvalue weighted by Gasteiger charge is 2.38. The lowest BCUT2D eigenvalue weighted by Crippen LogP contribution is -2.59. The highest BCUT2D eigenvalue weighted by atomic mass is 16.4. The monoisotopic (exact) mass is 423 g/mol. The maximum atomic E-state index is 13.2. The molecule has 0 bridgehead atoms. The second-order valence-corrected chi connectivity index (χ2v) is 9.61. The molecule has 3 unspecified atom stereocenters. The SMILES string of the molecule is CCCC(C)N1CCCCC1C(=O)NC(C(=O)N(C)C/C=C(\C)C(=O)O)C(C)(C)C. The van der Waals surface area contributed by atoms with Crippen LogP contribution in [-0.2, 0) is 14.4 Å². The number of carbonyl (C=O) groups excluding carboxylic acids is 2. The molecule has 1 aliphatic heterocycles. The van der Waals surface area contributed by atoms with Crippen molar-refractivity contribution in [3.8, 4) is 0 Å². The number of hydrogen-bond acceptors (Lipinski definition) is 4. The molecule has 172 valence electrons. The predicted molar refractivity (Wildman–Crippen MR) is 119 cm³/mol. The van der Waals surface area contributed by atoms with Gasteiger partial charge in [-0.2, -0.15) is 0 Å². The van der Waals surface area contributed by atoms with Crippen LogP contribution in [0.4, 0.5) is 0 Å². The van der Waals surface area contributed by atoms with Gasteiger partial charge in [-0.25, -0.2) is 4.79 Å². The third-order valence-electron chi connectivity index (χ3n) is 5.90. The summed E-state index contributed by atoms with van der Waals surface area (Å²) < 4.78 is 0.